The first-order valence-electron chi connectivity index (χ1n) is 14.6. The summed E-state index contributed by atoms with van der Waals surface area (Å²) in [5.41, 5.74) is 12.3. The van der Waals surface area contributed by atoms with Crippen molar-refractivity contribution in [1.29, 1.82) is 5.26 Å². The van der Waals surface area contributed by atoms with Crippen LogP contribution in [-0.4, -0.2) is 31.4 Å². The summed E-state index contributed by atoms with van der Waals surface area (Å²) in [6.07, 6.45) is 5.52. The predicted octanol–water partition coefficient (Wildman–Crippen LogP) is 8.24. The largest absolute Gasteiger partial charge is 0.379 e. The molecule has 2 aromatic rings. The molecule has 0 aromatic heterocycles. The first-order valence-corrected chi connectivity index (χ1v) is 14.6. The zero-order valence-corrected chi connectivity index (χ0v) is 26.7. The van der Waals surface area contributed by atoms with Crippen LogP contribution < -0.4 is 16.0 Å². The Hall–Kier alpha value is -3.36. The van der Waals surface area contributed by atoms with Crippen molar-refractivity contribution in [2.24, 2.45) is 22.6 Å². The molecule has 1 saturated heterocycles. The van der Waals surface area contributed by atoms with E-state index in [0.29, 0.717) is 24.4 Å². The van der Waals surface area contributed by atoms with Gasteiger partial charge in [-0.3, -0.25) is 4.99 Å². The van der Waals surface area contributed by atoms with Crippen LogP contribution in [0.15, 0.2) is 66.3 Å². The number of anilines is 2. The van der Waals surface area contributed by atoms with Crippen LogP contribution in [0.5, 0.6) is 0 Å². The molecule has 3 rings (SSSR count). The Morgan fingerprint density at radius 2 is 1.73 bits per heavy atom. The second-order valence-corrected chi connectivity index (χ2v) is 11.3. The molecule has 0 amide bonds. The first kappa shape index (κ1) is 34.7. The highest BCUT2D eigenvalue weighted by Crippen LogP contribution is 2.39. The molecule has 5 nitrogen and oxygen atoms in total. The third-order valence-corrected chi connectivity index (χ3v) is 7.01. The fourth-order valence-electron chi connectivity index (χ4n) is 4.58. The molecule has 1 heterocycles. The monoisotopic (exact) mass is 543 g/mol. The van der Waals surface area contributed by atoms with Gasteiger partial charge in [-0.1, -0.05) is 86.2 Å². The molecule has 0 atom stereocenters. The highest BCUT2D eigenvalue weighted by molar-refractivity contribution is 5.98. The topological polar surface area (TPSA) is 77.4 Å². The third-order valence-electron chi connectivity index (χ3n) is 7.01. The molecule has 5 heteroatoms. The lowest BCUT2D eigenvalue weighted by Crippen LogP contribution is -2.49. The minimum absolute atomic E-state index is 0.219. The SMILES string of the molecule is C=CN=C(/C=C\C)CNc1ccc(C(C)(C)c2cc(C)c(N3CC(C(C)C)C3)c(C#N)c2)cc1.CC.CC(C)N. The van der Waals surface area contributed by atoms with Gasteiger partial charge in [0.25, 0.3) is 0 Å². The first-order chi connectivity index (χ1) is 18.9. The molecule has 0 bridgehead atoms. The van der Waals surface area contributed by atoms with Crippen molar-refractivity contribution < 1.29 is 0 Å². The second-order valence-electron chi connectivity index (χ2n) is 11.3. The number of allylic oxidation sites excluding steroid dienone is 1. The number of hydrogen-bond donors (Lipinski definition) is 2. The van der Waals surface area contributed by atoms with Gasteiger partial charge >= 0.3 is 0 Å². The van der Waals surface area contributed by atoms with Gasteiger partial charge in [-0.05, 0) is 72.7 Å². The van der Waals surface area contributed by atoms with Crippen LogP contribution in [0, 0.1) is 30.1 Å². The highest BCUT2D eigenvalue weighted by Gasteiger charge is 2.33. The van der Waals surface area contributed by atoms with Crippen LogP contribution >= 0.6 is 0 Å². The molecule has 218 valence electrons. The van der Waals surface area contributed by atoms with E-state index in [1.165, 1.54) is 16.7 Å². The summed E-state index contributed by atoms with van der Waals surface area (Å²) in [5.74, 6) is 1.40. The van der Waals surface area contributed by atoms with Crippen LogP contribution in [-0.2, 0) is 5.41 Å². The quantitative estimate of drug-likeness (QED) is 0.312. The Morgan fingerprint density at radius 1 is 1.15 bits per heavy atom. The van der Waals surface area contributed by atoms with Gasteiger partial charge in [0.15, 0.2) is 0 Å². The van der Waals surface area contributed by atoms with Gasteiger partial charge in [-0.25, -0.2) is 0 Å². The summed E-state index contributed by atoms with van der Waals surface area (Å²) in [6.45, 7) is 27.4. The van der Waals surface area contributed by atoms with E-state index in [1.807, 2.05) is 46.8 Å². The van der Waals surface area contributed by atoms with Gasteiger partial charge in [-0.2, -0.15) is 5.26 Å². The average Bonchev–Trinajstić information content (AvgIpc) is 2.88. The zero-order chi connectivity index (χ0) is 30.5. The zero-order valence-electron chi connectivity index (χ0n) is 26.7. The molecule has 40 heavy (non-hydrogen) atoms. The van der Waals surface area contributed by atoms with Gasteiger partial charge in [0, 0.05) is 30.4 Å². The van der Waals surface area contributed by atoms with Crippen molar-refractivity contribution in [2.45, 2.75) is 80.7 Å². The van der Waals surface area contributed by atoms with Crippen molar-refractivity contribution in [1.82, 2.24) is 0 Å². The molecule has 1 aliphatic rings. The fourth-order valence-corrected chi connectivity index (χ4v) is 4.58. The number of benzene rings is 2. The minimum Gasteiger partial charge on any atom is -0.379 e. The highest BCUT2D eigenvalue weighted by atomic mass is 15.2. The number of aryl methyl sites for hydroxylation is 1. The Bertz CT molecular complexity index is 1150. The summed E-state index contributed by atoms with van der Waals surface area (Å²) in [7, 11) is 0. The average molecular weight is 544 g/mol. The number of nitrogens with two attached hydrogens (primary N) is 1. The van der Waals surface area contributed by atoms with Crippen molar-refractivity contribution >= 4 is 17.1 Å². The van der Waals surface area contributed by atoms with Crippen LogP contribution in [0.25, 0.3) is 0 Å². The van der Waals surface area contributed by atoms with Crippen LogP contribution in [0.1, 0.15) is 84.6 Å². The molecule has 1 fully saturated rings. The van der Waals surface area contributed by atoms with Gasteiger partial charge in [0.2, 0.25) is 0 Å². The summed E-state index contributed by atoms with van der Waals surface area (Å²) < 4.78 is 0. The van der Waals surface area contributed by atoms with Crippen molar-refractivity contribution in [3.05, 3.63) is 83.6 Å². The maximum atomic E-state index is 9.96. The Balaban J connectivity index is 0.00000122. The number of nitriles is 1. The van der Waals surface area contributed by atoms with E-state index < -0.39 is 0 Å². The summed E-state index contributed by atoms with van der Waals surface area (Å²) in [6, 6.07) is 15.7. The summed E-state index contributed by atoms with van der Waals surface area (Å²) >= 11 is 0. The van der Waals surface area contributed by atoms with E-state index in [1.54, 1.807) is 6.20 Å². The Labute approximate surface area is 244 Å². The van der Waals surface area contributed by atoms with E-state index in [9.17, 15) is 5.26 Å². The van der Waals surface area contributed by atoms with Crippen molar-refractivity contribution in [3.63, 3.8) is 0 Å². The van der Waals surface area contributed by atoms with Crippen LogP contribution in [0.3, 0.4) is 0 Å². The maximum absolute atomic E-state index is 9.96. The summed E-state index contributed by atoms with van der Waals surface area (Å²) in [4.78, 5) is 6.66. The van der Waals surface area contributed by atoms with E-state index in [4.69, 9.17) is 5.73 Å². The predicted molar refractivity (Wildman–Crippen MR) is 177 cm³/mol. The number of aliphatic imine (C=N–C) groups is 1. The molecule has 3 N–H and O–H groups in total. The van der Waals surface area contributed by atoms with Crippen LogP contribution in [0.2, 0.25) is 0 Å². The fraction of sp³-hybridized carbons (Fsp3) is 0.486. The molecule has 0 unspecified atom stereocenters. The lowest BCUT2D eigenvalue weighted by Gasteiger charge is -2.44. The lowest BCUT2D eigenvalue weighted by molar-refractivity contribution is 0.309. The molecular formula is C35H53N5. The standard InChI is InChI=1S/C30H38N4.C3H9N.C2H6/c1-8-10-28(32-9-2)18-33-27-13-11-25(12-14-27)30(6,7)26-15-22(5)29(23(16-26)17-31)34-19-24(20-34)21(3)4;1-3(2)4;1-2/h8-16,21,24,33H,2,18-20H2,1,3-7H3;3H,4H2,1-2H3;1-2H3/b10-8-,32-28?;;. The molecular weight excluding hydrogens is 490 g/mol. The van der Waals surface area contributed by atoms with Gasteiger partial charge in [0.05, 0.1) is 23.5 Å². The molecule has 0 saturated carbocycles. The van der Waals surface area contributed by atoms with Crippen LogP contribution in [0.4, 0.5) is 11.4 Å². The van der Waals surface area contributed by atoms with E-state index >= 15 is 0 Å². The maximum Gasteiger partial charge on any atom is 0.101 e. The molecule has 1 aliphatic heterocycles. The van der Waals surface area contributed by atoms with Gasteiger partial charge in [0.1, 0.15) is 6.07 Å². The number of hydrogen-bond acceptors (Lipinski definition) is 5. The van der Waals surface area contributed by atoms with E-state index in [2.05, 4.69) is 98.9 Å². The molecule has 0 aliphatic carbocycles. The minimum atomic E-state index is -0.219. The molecule has 2 aromatic carbocycles. The number of rotatable bonds is 9. The molecule has 0 radical (unpaired) electrons. The third kappa shape index (κ3) is 9.68. The van der Waals surface area contributed by atoms with E-state index in [-0.39, 0.29) is 5.41 Å². The Kier molecular flexibility index (Phi) is 14.5. The summed E-state index contributed by atoms with van der Waals surface area (Å²) in [5, 5.41) is 13.4. The molecule has 0 spiro atoms. The smallest absolute Gasteiger partial charge is 0.101 e. The van der Waals surface area contributed by atoms with E-state index in [0.717, 1.165) is 35.7 Å². The normalized spacial score (nSPS) is 13.7. The Morgan fingerprint density at radius 3 is 2.20 bits per heavy atom. The van der Waals surface area contributed by atoms with Gasteiger partial charge in [-0.15, -0.1) is 0 Å². The van der Waals surface area contributed by atoms with Crippen molar-refractivity contribution in [3.8, 4) is 6.07 Å². The van der Waals surface area contributed by atoms with Crippen molar-refractivity contribution in [2.75, 3.05) is 29.9 Å². The number of nitrogens with one attached hydrogen (secondary N) is 1. The number of nitrogens with zero attached hydrogens (tertiary/aromatic N) is 3. The second kappa shape index (κ2) is 16.7. The van der Waals surface area contributed by atoms with Gasteiger partial charge < -0.3 is 16.0 Å². The lowest BCUT2D eigenvalue weighted by atomic mass is 9.76.